The largest absolute Gasteiger partial charge is 0.490 e. The Morgan fingerprint density at radius 3 is 2.48 bits per heavy atom. The SMILES string of the molecule is CN(C)CCOC1CC2(CCN(c3cnccn3)CC2)c2ccccc21.O=C(O)C(F)(F)F. The first-order valence-corrected chi connectivity index (χ1v) is 10.8. The van der Waals surface area contributed by atoms with Gasteiger partial charge in [0.05, 0.1) is 18.9 Å². The molecule has 0 radical (unpaired) electrons. The van der Waals surface area contributed by atoms with Gasteiger partial charge >= 0.3 is 12.1 Å². The van der Waals surface area contributed by atoms with Gasteiger partial charge in [-0.1, -0.05) is 24.3 Å². The summed E-state index contributed by atoms with van der Waals surface area (Å²) >= 11 is 0. The number of aromatic nitrogens is 2. The van der Waals surface area contributed by atoms with Gasteiger partial charge in [-0.15, -0.1) is 0 Å². The molecule has 1 fully saturated rings. The van der Waals surface area contributed by atoms with E-state index in [1.165, 1.54) is 11.1 Å². The van der Waals surface area contributed by atoms with E-state index in [4.69, 9.17) is 14.6 Å². The fraction of sp³-hybridized carbons (Fsp3) is 0.522. The van der Waals surface area contributed by atoms with Crippen LogP contribution in [-0.2, 0) is 14.9 Å². The molecule has 180 valence electrons. The van der Waals surface area contributed by atoms with Crippen molar-refractivity contribution in [3.63, 3.8) is 0 Å². The molecule has 4 rings (SSSR count). The van der Waals surface area contributed by atoms with Gasteiger partial charge in [0.15, 0.2) is 0 Å². The molecule has 33 heavy (non-hydrogen) atoms. The first kappa shape index (κ1) is 24.9. The Morgan fingerprint density at radius 1 is 1.24 bits per heavy atom. The number of anilines is 1. The number of hydrogen-bond donors (Lipinski definition) is 1. The van der Waals surface area contributed by atoms with Crippen LogP contribution in [0.1, 0.15) is 36.5 Å². The van der Waals surface area contributed by atoms with Crippen molar-refractivity contribution in [3.05, 3.63) is 54.0 Å². The number of aliphatic carboxylic acids is 1. The average Bonchev–Trinajstić information content (AvgIpc) is 3.08. The fourth-order valence-corrected chi connectivity index (χ4v) is 4.45. The van der Waals surface area contributed by atoms with Crippen molar-refractivity contribution >= 4 is 11.8 Å². The lowest BCUT2D eigenvalue weighted by Gasteiger charge is -2.40. The number of piperidine rings is 1. The van der Waals surface area contributed by atoms with E-state index in [1.807, 2.05) is 6.20 Å². The Hall–Kier alpha value is -2.72. The maximum absolute atomic E-state index is 10.6. The van der Waals surface area contributed by atoms with Gasteiger partial charge in [0, 0.05) is 37.4 Å². The molecule has 1 aliphatic carbocycles. The van der Waals surface area contributed by atoms with Gasteiger partial charge in [0.1, 0.15) is 5.82 Å². The first-order chi connectivity index (χ1) is 15.6. The summed E-state index contributed by atoms with van der Waals surface area (Å²) in [7, 11) is 4.19. The summed E-state index contributed by atoms with van der Waals surface area (Å²) in [6.45, 7) is 3.80. The molecule has 1 unspecified atom stereocenters. The molecule has 1 N–H and O–H groups in total. The number of fused-ring (bicyclic) bond motifs is 2. The number of carbonyl (C=O) groups is 1. The summed E-state index contributed by atoms with van der Waals surface area (Å²) in [5.74, 6) is -1.76. The molecule has 2 aromatic rings. The van der Waals surface area contributed by atoms with Crippen LogP contribution in [0.25, 0.3) is 0 Å². The lowest BCUT2D eigenvalue weighted by Crippen LogP contribution is -2.42. The minimum atomic E-state index is -5.08. The second-order valence-electron chi connectivity index (χ2n) is 8.59. The van der Waals surface area contributed by atoms with Gasteiger partial charge in [0.25, 0.3) is 0 Å². The Kier molecular flexibility index (Phi) is 7.91. The van der Waals surface area contributed by atoms with Gasteiger partial charge in [-0.3, -0.25) is 4.98 Å². The van der Waals surface area contributed by atoms with E-state index in [-0.39, 0.29) is 11.5 Å². The standard InChI is InChI=1S/C21H28N4O.C2HF3O2/c1-24(2)13-14-26-19-15-21(18-6-4-3-5-17(18)19)7-11-25(12-8-21)20-16-22-9-10-23-20;3-2(4,5)1(6)7/h3-6,9-10,16,19H,7-8,11-15H2,1-2H3;(H,6,7). The van der Waals surface area contributed by atoms with E-state index in [0.717, 1.165) is 51.3 Å². The third-order valence-electron chi connectivity index (χ3n) is 6.15. The second kappa shape index (κ2) is 10.5. The van der Waals surface area contributed by atoms with Crippen molar-refractivity contribution in [2.45, 2.75) is 37.0 Å². The molecule has 1 aliphatic heterocycles. The summed E-state index contributed by atoms with van der Waals surface area (Å²) in [5, 5.41) is 7.12. The van der Waals surface area contributed by atoms with Gasteiger partial charge in [-0.2, -0.15) is 13.2 Å². The number of alkyl halides is 3. The van der Waals surface area contributed by atoms with Gasteiger partial charge < -0.3 is 19.6 Å². The van der Waals surface area contributed by atoms with E-state index < -0.39 is 12.1 Å². The second-order valence-corrected chi connectivity index (χ2v) is 8.59. The van der Waals surface area contributed by atoms with Crippen LogP contribution in [0, 0.1) is 0 Å². The van der Waals surface area contributed by atoms with Crippen molar-refractivity contribution in [1.82, 2.24) is 14.9 Å². The molecule has 1 spiro atoms. The Balaban J connectivity index is 0.000000383. The molecular formula is C23H29F3N4O3. The highest BCUT2D eigenvalue weighted by atomic mass is 19.4. The fourth-order valence-electron chi connectivity index (χ4n) is 4.45. The number of rotatable bonds is 5. The van der Waals surface area contributed by atoms with Gasteiger partial charge in [-0.25, -0.2) is 9.78 Å². The molecule has 2 heterocycles. The summed E-state index contributed by atoms with van der Waals surface area (Å²) in [4.78, 5) is 22.1. The van der Waals surface area contributed by atoms with Crippen molar-refractivity contribution in [2.75, 3.05) is 45.2 Å². The molecule has 1 atom stereocenters. The number of likely N-dealkylation sites (N-methyl/N-ethyl adjacent to an activating group) is 1. The molecule has 0 saturated carbocycles. The predicted octanol–water partition coefficient (Wildman–Crippen LogP) is 3.67. The zero-order chi connectivity index (χ0) is 24.1. The minimum absolute atomic E-state index is 0.231. The maximum Gasteiger partial charge on any atom is 0.490 e. The van der Waals surface area contributed by atoms with Crippen molar-refractivity contribution < 1.29 is 27.8 Å². The predicted molar refractivity (Wildman–Crippen MR) is 117 cm³/mol. The zero-order valence-electron chi connectivity index (χ0n) is 18.8. The molecule has 2 aliphatic rings. The van der Waals surface area contributed by atoms with E-state index in [9.17, 15) is 13.2 Å². The smallest absolute Gasteiger partial charge is 0.475 e. The third kappa shape index (κ3) is 6.20. The number of carboxylic acids is 1. The highest BCUT2D eigenvalue weighted by molar-refractivity contribution is 5.73. The number of benzene rings is 1. The van der Waals surface area contributed by atoms with E-state index in [0.29, 0.717) is 0 Å². The molecule has 0 bridgehead atoms. The van der Waals surface area contributed by atoms with Crippen molar-refractivity contribution in [2.24, 2.45) is 0 Å². The summed E-state index contributed by atoms with van der Waals surface area (Å²) in [6, 6.07) is 8.91. The average molecular weight is 467 g/mol. The Bertz CT molecular complexity index is 917. The highest BCUT2D eigenvalue weighted by Crippen LogP contribution is 2.52. The van der Waals surface area contributed by atoms with Gasteiger partial charge in [0.2, 0.25) is 0 Å². The number of carboxylic acid groups (broad SMARTS) is 1. The molecule has 1 aromatic heterocycles. The van der Waals surface area contributed by atoms with Crippen LogP contribution < -0.4 is 4.90 Å². The number of nitrogens with zero attached hydrogens (tertiary/aromatic N) is 4. The van der Waals surface area contributed by atoms with Crippen molar-refractivity contribution in [3.8, 4) is 0 Å². The van der Waals surface area contributed by atoms with Crippen LogP contribution in [0.4, 0.5) is 19.0 Å². The lowest BCUT2D eigenvalue weighted by atomic mass is 9.74. The number of hydrogen-bond acceptors (Lipinski definition) is 6. The molecular weight excluding hydrogens is 437 g/mol. The van der Waals surface area contributed by atoms with Crippen LogP contribution in [0.3, 0.4) is 0 Å². The summed E-state index contributed by atoms with van der Waals surface area (Å²) in [6.07, 6.45) is 3.93. The van der Waals surface area contributed by atoms with Crippen LogP contribution in [0.5, 0.6) is 0 Å². The normalized spacial score (nSPS) is 19.2. The molecule has 10 heteroatoms. The van der Waals surface area contributed by atoms with Crippen LogP contribution in [-0.4, -0.2) is 72.5 Å². The number of ether oxygens (including phenoxy) is 1. The molecule has 1 saturated heterocycles. The van der Waals surface area contributed by atoms with Crippen LogP contribution in [0.15, 0.2) is 42.9 Å². The molecule has 7 nitrogen and oxygen atoms in total. The minimum Gasteiger partial charge on any atom is -0.475 e. The lowest BCUT2D eigenvalue weighted by molar-refractivity contribution is -0.192. The number of halogens is 3. The van der Waals surface area contributed by atoms with E-state index in [1.54, 1.807) is 12.4 Å². The Morgan fingerprint density at radius 2 is 1.91 bits per heavy atom. The van der Waals surface area contributed by atoms with E-state index >= 15 is 0 Å². The van der Waals surface area contributed by atoms with Crippen LogP contribution in [0.2, 0.25) is 0 Å². The third-order valence-corrected chi connectivity index (χ3v) is 6.15. The quantitative estimate of drug-likeness (QED) is 0.720. The zero-order valence-corrected chi connectivity index (χ0v) is 18.8. The molecule has 0 amide bonds. The topological polar surface area (TPSA) is 78.8 Å². The monoisotopic (exact) mass is 466 g/mol. The maximum atomic E-state index is 10.6. The van der Waals surface area contributed by atoms with Gasteiger partial charge in [-0.05, 0) is 44.5 Å². The van der Waals surface area contributed by atoms with E-state index in [2.05, 4.69) is 58.1 Å². The van der Waals surface area contributed by atoms with Crippen LogP contribution >= 0.6 is 0 Å². The first-order valence-electron chi connectivity index (χ1n) is 10.8. The Labute approximate surface area is 191 Å². The summed E-state index contributed by atoms with van der Waals surface area (Å²) < 4.78 is 38.0. The molecule has 1 aromatic carbocycles. The highest BCUT2D eigenvalue weighted by Gasteiger charge is 2.45. The summed E-state index contributed by atoms with van der Waals surface area (Å²) in [5.41, 5.74) is 3.16. The van der Waals surface area contributed by atoms with Crippen molar-refractivity contribution in [1.29, 1.82) is 0 Å².